The second-order valence-corrected chi connectivity index (χ2v) is 10.0. The second-order valence-electron chi connectivity index (χ2n) is 6.67. The molecule has 0 bridgehead atoms. The van der Waals surface area contributed by atoms with Crippen LogP contribution in [0.3, 0.4) is 0 Å². The minimum Gasteiger partial charge on any atom is -0.497 e. The van der Waals surface area contributed by atoms with Crippen LogP contribution in [0.2, 0.25) is 0 Å². The Hall–Kier alpha value is -2.49. The molecule has 3 rings (SSSR count). The van der Waals surface area contributed by atoms with Gasteiger partial charge in [-0.05, 0) is 37.3 Å². The predicted molar refractivity (Wildman–Crippen MR) is 119 cm³/mol. The molecule has 2 heterocycles. The van der Waals surface area contributed by atoms with Crippen LogP contribution < -0.4 is 10.1 Å². The lowest BCUT2D eigenvalue weighted by Gasteiger charge is -2.16. The molecule has 0 unspecified atom stereocenters. The van der Waals surface area contributed by atoms with E-state index in [2.05, 4.69) is 10.3 Å². The van der Waals surface area contributed by atoms with Crippen molar-refractivity contribution in [2.45, 2.75) is 31.5 Å². The number of hydrogen-bond acceptors (Lipinski definition) is 6. The number of aromatic nitrogens is 1. The molecule has 0 spiro atoms. The van der Waals surface area contributed by atoms with Crippen LogP contribution >= 0.6 is 11.3 Å². The van der Waals surface area contributed by atoms with Crippen molar-refractivity contribution < 1.29 is 17.9 Å². The van der Waals surface area contributed by atoms with Crippen LogP contribution in [0, 0.1) is 6.92 Å². The Morgan fingerprint density at radius 1 is 1.17 bits per heavy atom. The van der Waals surface area contributed by atoms with Crippen molar-refractivity contribution in [3.05, 3.63) is 52.5 Å². The van der Waals surface area contributed by atoms with Crippen molar-refractivity contribution in [2.75, 3.05) is 20.2 Å². The number of sulfonamides is 1. The number of aryl methyl sites for hydroxylation is 1. The normalized spacial score (nSPS) is 11.8. The molecule has 0 radical (unpaired) electrons. The van der Waals surface area contributed by atoms with Gasteiger partial charge in [-0.2, -0.15) is 4.31 Å². The third-order valence-electron chi connectivity index (χ3n) is 4.82. The van der Waals surface area contributed by atoms with Gasteiger partial charge in [0.25, 0.3) is 15.9 Å². The van der Waals surface area contributed by atoms with E-state index in [4.69, 9.17) is 4.74 Å². The number of carbonyl (C=O) groups is 1. The van der Waals surface area contributed by atoms with Crippen molar-refractivity contribution in [3.8, 4) is 5.75 Å². The van der Waals surface area contributed by atoms with E-state index < -0.39 is 10.0 Å². The van der Waals surface area contributed by atoms with Crippen molar-refractivity contribution in [1.82, 2.24) is 14.6 Å². The highest BCUT2D eigenvalue weighted by molar-refractivity contribution is 7.91. The summed E-state index contributed by atoms with van der Waals surface area (Å²) in [6.45, 7) is 6.49. The van der Waals surface area contributed by atoms with Gasteiger partial charge in [0.05, 0.1) is 30.4 Å². The van der Waals surface area contributed by atoms with Gasteiger partial charge in [0.2, 0.25) is 0 Å². The third-order valence-corrected chi connectivity index (χ3v) is 8.42. The summed E-state index contributed by atoms with van der Waals surface area (Å²) in [6.07, 6.45) is 0. The standard InChI is InChI=1S/C21H25N3O4S2/c1-5-24(6-2)30(26,27)20-10-9-17(29-20)13-22-21(25)18-11-15-7-8-16(28-4)12-19(15)23-14(18)3/h7-12H,5-6,13H2,1-4H3,(H,22,25). The molecule has 9 heteroatoms. The van der Waals surface area contributed by atoms with Crippen molar-refractivity contribution in [2.24, 2.45) is 0 Å². The number of methoxy groups -OCH3 is 1. The molecule has 30 heavy (non-hydrogen) atoms. The lowest BCUT2D eigenvalue weighted by molar-refractivity contribution is 0.0950. The molecule has 0 aliphatic heterocycles. The summed E-state index contributed by atoms with van der Waals surface area (Å²) in [5.41, 5.74) is 1.86. The molecule has 160 valence electrons. The largest absolute Gasteiger partial charge is 0.497 e. The lowest BCUT2D eigenvalue weighted by atomic mass is 10.1. The Labute approximate surface area is 180 Å². The zero-order valence-electron chi connectivity index (χ0n) is 17.4. The Morgan fingerprint density at radius 3 is 2.57 bits per heavy atom. The van der Waals surface area contributed by atoms with Gasteiger partial charge in [-0.25, -0.2) is 8.42 Å². The Balaban J connectivity index is 1.75. The topological polar surface area (TPSA) is 88.6 Å². The number of amides is 1. The molecular weight excluding hydrogens is 422 g/mol. The minimum atomic E-state index is -3.49. The number of benzene rings is 1. The highest BCUT2D eigenvalue weighted by atomic mass is 32.2. The van der Waals surface area contributed by atoms with Crippen LogP contribution in [-0.4, -0.2) is 43.8 Å². The number of carbonyl (C=O) groups excluding carboxylic acids is 1. The van der Waals surface area contributed by atoms with Gasteiger partial charge < -0.3 is 10.1 Å². The second kappa shape index (κ2) is 9.11. The number of nitrogens with one attached hydrogen (secondary N) is 1. The predicted octanol–water partition coefficient (Wildman–Crippen LogP) is 3.57. The number of nitrogens with zero attached hydrogens (tertiary/aromatic N) is 2. The molecule has 0 aliphatic carbocycles. The molecule has 0 saturated carbocycles. The summed E-state index contributed by atoms with van der Waals surface area (Å²) in [7, 11) is -1.89. The lowest BCUT2D eigenvalue weighted by Crippen LogP contribution is -2.30. The van der Waals surface area contributed by atoms with E-state index >= 15 is 0 Å². The number of ether oxygens (including phenoxy) is 1. The summed E-state index contributed by atoms with van der Waals surface area (Å²) in [6, 6.07) is 10.6. The number of rotatable bonds is 8. The third kappa shape index (κ3) is 4.48. The monoisotopic (exact) mass is 447 g/mol. The van der Waals surface area contributed by atoms with E-state index in [1.54, 1.807) is 32.2 Å². The number of fused-ring (bicyclic) bond motifs is 1. The maximum atomic E-state index is 12.7. The molecular formula is C21H25N3O4S2. The smallest absolute Gasteiger partial charge is 0.253 e. The van der Waals surface area contributed by atoms with Crippen LogP contribution in [0.25, 0.3) is 10.9 Å². The Kier molecular flexibility index (Phi) is 6.74. The molecule has 7 nitrogen and oxygen atoms in total. The van der Waals surface area contributed by atoms with Crippen molar-refractivity contribution in [3.63, 3.8) is 0 Å². The molecule has 2 aromatic heterocycles. The molecule has 0 atom stereocenters. The molecule has 1 aromatic carbocycles. The van der Waals surface area contributed by atoms with Crippen LogP contribution in [0.15, 0.2) is 40.6 Å². The van der Waals surface area contributed by atoms with Crippen LogP contribution in [0.4, 0.5) is 0 Å². The molecule has 1 amide bonds. The van der Waals surface area contributed by atoms with E-state index in [1.165, 1.54) is 15.6 Å². The summed E-state index contributed by atoms with van der Waals surface area (Å²) in [4.78, 5) is 18.0. The molecule has 0 saturated heterocycles. The maximum Gasteiger partial charge on any atom is 0.253 e. The first kappa shape index (κ1) is 22.2. The van der Waals surface area contributed by atoms with Gasteiger partial charge in [-0.15, -0.1) is 11.3 Å². The summed E-state index contributed by atoms with van der Waals surface area (Å²) in [5, 5.41) is 3.71. The van der Waals surface area contributed by atoms with E-state index in [1.807, 2.05) is 32.0 Å². The van der Waals surface area contributed by atoms with Gasteiger partial charge >= 0.3 is 0 Å². The molecule has 0 aliphatic rings. The molecule has 1 N–H and O–H groups in total. The van der Waals surface area contributed by atoms with Crippen molar-refractivity contribution >= 4 is 38.2 Å². The summed E-state index contributed by atoms with van der Waals surface area (Å²) in [5.74, 6) is 0.457. The average molecular weight is 448 g/mol. The van der Waals surface area contributed by atoms with Crippen LogP contribution in [-0.2, 0) is 16.6 Å². The number of hydrogen-bond donors (Lipinski definition) is 1. The van der Waals surface area contributed by atoms with Crippen molar-refractivity contribution in [1.29, 1.82) is 0 Å². The molecule has 0 fully saturated rings. The van der Waals surface area contributed by atoms with Gasteiger partial charge in [0.1, 0.15) is 9.96 Å². The van der Waals surface area contributed by atoms with Gasteiger partial charge in [-0.1, -0.05) is 13.8 Å². The van der Waals surface area contributed by atoms with E-state index in [0.29, 0.717) is 30.1 Å². The molecule has 3 aromatic rings. The SMILES string of the molecule is CCN(CC)S(=O)(=O)c1ccc(CNC(=O)c2cc3ccc(OC)cc3nc2C)s1. The number of pyridine rings is 1. The van der Waals surface area contributed by atoms with Gasteiger partial charge in [0.15, 0.2) is 0 Å². The summed E-state index contributed by atoms with van der Waals surface area (Å²) >= 11 is 1.17. The zero-order chi connectivity index (χ0) is 21.9. The fourth-order valence-electron chi connectivity index (χ4n) is 3.15. The number of thiophene rings is 1. The first-order valence-electron chi connectivity index (χ1n) is 9.62. The first-order valence-corrected chi connectivity index (χ1v) is 11.9. The Bertz CT molecular complexity index is 1170. The zero-order valence-corrected chi connectivity index (χ0v) is 19.1. The van der Waals surface area contributed by atoms with Gasteiger partial charge in [-0.3, -0.25) is 9.78 Å². The highest BCUT2D eigenvalue weighted by Crippen LogP contribution is 2.25. The van der Waals surface area contributed by atoms with Crippen LogP contribution in [0.1, 0.15) is 34.8 Å². The fourth-order valence-corrected chi connectivity index (χ4v) is 6.05. The van der Waals surface area contributed by atoms with E-state index in [-0.39, 0.29) is 16.7 Å². The van der Waals surface area contributed by atoms with E-state index in [0.717, 1.165) is 15.8 Å². The quantitative estimate of drug-likeness (QED) is 0.570. The minimum absolute atomic E-state index is 0.247. The van der Waals surface area contributed by atoms with E-state index in [9.17, 15) is 13.2 Å². The summed E-state index contributed by atoms with van der Waals surface area (Å²) < 4.78 is 32.1. The van der Waals surface area contributed by atoms with Gasteiger partial charge in [0, 0.05) is 29.4 Å². The Morgan fingerprint density at radius 2 is 1.90 bits per heavy atom. The first-order chi connectivity index (χ1) is 14.3. The average Bonchev–Trinajstić information content (AvgIpc) is 3.21. The maximum absolute atomic E-state index is 12.7. The van der Waals surface area contributed by atoms with Crippen LogP contribution in [0.5, 0.6) is 5.75 Å². The fraction of sp³-hybridized carbons (Fsp3) is 0.333. The highest BCUT2D eigenvalue weighted by Gasteiger charge is 2.23.